The molecule has 1 aliphatic heterocycles. The van der Waals surface area contributed by atoms with Gasteiger partial charge in [-0.25, -0.2) is 9.18 Å². The predicted molar refractivity (Wildman–Crippen MR) is 95.0 cm³/mol. The first-order valence-electron chi connectivity index (χ1n) is 8.60. The molecule has 1 aromatic heterocycles. The maximum Gasteiger partial charge on any atom is 0.413 e. The van der Waals surface area contributed by atoms with Crippen molar-refractivity contribution in [3.8, 4) is 5.75 Å². The van der Waals surface area contributed by atoms with Crippen LogP contribution in [0, 0.1) is 5.82 Å². The molecule has 10 heteroatoms. The summed E-state index contributed by atoms with van der Waals surface area (Å²) in [6, 6.07) is 1.27. The number of nitrogens with zero attached hydrogens (tertiary/aromatic N) is 2. The molecular weight excluding hydrogens is 379 g/mol. The lowest BCUT2D eigenvalue weighted by atomic mass is 10.1. The predicted octanol–water partition coefficient (Wildman–Crippen LogP) is 2.82. The number of hydrogen-bond acceptors (Lipinski definition) is 7. The van der Waals surface area contributed by atoms with Crippen molar-refractivity contribution in [2.45, 2.75) is 58.5 Å². The van der Waals surface area contributed by atoms with Crippen LogP contribution < -0.4 is 4.74 Å². The third-order valence-electron chi connectivity index (χ3n) is 3.64. The number of halogens is 1. The van der Waals surface area contributed by atoms with Gasteiger partial charge in [-0.3, -0.25) is 14.1 Å². The Hall–Kier alpha value is -1.94. The van der Waals surface area contributed by atoms with Crippen LogP contribution in [0.2, 0.25) is 0 Å². The summed E-state index contributed by atoms with van der Waals surface area (Å²) in [6.07, 6.45) is 2.77. The van der Waals surface area contributed by atoms with E-state index in [2.05, 4.69) is 9.17 Å². The molecule has 1 aromatic rings. The molecule has 1 fully saturated rings. The monoisotopic (exact) mass is 404 g/mol. The molecule has 0 bridgehead atoms. The topological polar surface area (TPSA) is 95.0 Å². The third kappa shape index (κ3) is 6.94. The first-order chi connectivity index (χ1) is 12.4. The van der Waals surface area contributed by atoms with E-state index < -0.39 is 33.9 Å². The molecule has 1 atom stereocenters. The number of likely N-dealkylation sites (tertiary alicyclic amines) is 1. The van der Waals surface area contributed by atoms with E-state index in [4.69, 9.17) is 9.47 Å². The molecule has 1 amide bonds. The molecule has 27 heavy (non-hydrogen) atoms. The average molecular weight is 404 g/mol. The van der Waals surface area contributed by atoms with Gasteiger partial charge in [-0.15, -0.1) is 0 Å². The lowest BCUT2D eigenvalue weighted by Gasteiger charge is -2.36. The van der Waals surface area contributed by atoms with Crippen molar-refractivity contribution in [1.29, 1.82) is 0 Å². The Morgan fingerprint density at radius 1 is 1.37 bits per heavy atom. The molecule has 0 saturated carbocycles. The number of carbonyl (C=O) groups excluding carboxylic acids is 1. The fraction of sp³-hybridized carbons (Fsp3) is 0.647. The third-order valence-corrected chi connectivity index (χ3v) is 4.18. The summed E-state index contributed by atoms with van der Waals surface area (Å²) >= 11 is 0. The van der Waals surface area contributed by atoms with Crippen molar-refractivity contribution >= 4 is 16.2 Å². The minimum absolute atomic E-state index is 0.127. The van der Waals surface area contributed by atoms with Crippen LogP contribution in [0.15, 0.2) is 12.3 Å². The summed E-state index contributed by atoms with van der Waals surface area (Å²) in [5.41, 5.74) is -0.464. The number of pyridine rings is 1. The summed E-state index contributed by atoms with van der Waals surface area (Å²) in [5, 5.41) is 0. The van der Waals surface area contributed by atoms with Crippen LogP contribution in [-0.4, -0.2) is 49.0 Å². The summed E-state index contributed by atoms with van der Waals surface area (Å²) in [6.45, 7) is 5.40. The van der Waals surface area contributed by atoms with Crippen LogP contribution in [0.4, 0.5) is 9.18 Å². The van der Waals surface area contributed by atoms with Crippen molar-refractivity contribution in [2.24, 2.45) is 0 Å². The fourth-order valence-corrected chi connectivity index (χ4v) is 2.83. The molecule has 2 rings (SSSR count). The number of amides is 1. The lowest BCUT2D eigenvalue weighted by Crippen LogP contribution is -2.48. The molecule has 0 N–H and O–H groups in total. The molecule has 152 valence electrons. The Morgan fingerprint density at radius 2 is 2.07 bits per heavy atom. The second-order valence-electron chi connectivity index (χ2n) is 7.31. The molecule has 0 spiro atoms. The molecule has 2 heterocycles. The number of rotatable bonds is 5. The maximum atomic E-state index is 14.1. The van der Waals surface area contributed by atoms with Crippen LogP contribution in [-0.2, 0) is 25.6 Å². The van der Waals surface area contributed by atoms with Gasteiger partial charge in [-0.2, -0.15) is 8.42 Å². The minimum Gasteiger partial charge on any atom is -0.467 e. The standard InChI is InChI=1S/C17H25FN2O6S/c1-17(2,3)26-16(21)20-8-6-5-7-15(20)25-14-9-12(19-10-13(14)18)11-24-27(4,22)23/h9-10,15H,5-8,11H2,1-4H3. The first-order valence-corrected chi connectivity index (χ1v) is 10.4. The van der Waals surface area contributed by atoms with Gasteiger partial charge < -0.3 is 9.47 Å². The molecular formula is C17H25FN2O6S. The van der Waals surface area contributed by atoms with Gasteiger partial charge in [0.2, 0.25) is 0 Å². The Morgan fingerprint density at radius 3 is 2.70 bits per heavy atom. The highest BCUT2D eigenvalue weighted by atomic mass is 32.2. The highest BCUT2D eigenvalue weighted by Crippen LogP contribution is 2.26. The largest absolute Gasteiger partial charge is 0.467 e. The SMILES string of the molecule is CC(C)(C)OC(=O)N1CCCCC1Oc1cc(COS(C)(=O)=O)ncc1F. The Bertz CT molecular complexity index is 778. The van der Waals surface area contributed by atoms with Crippen molar-refractivity contribution < 1.29 is 31.3 Å². The van der Waals surface area contributed by atoms with Crippen LogP contribution >= 0.6 is 0 Å². The van der Waals surface area contributed by atoms with Gasteiger partial charge in [0, 0.05) is 19.0 Å². The van der Waals surface area contributed by atoms with Crippen molar-refractivity contribution in [3.05, 3.63) is 23.8 Å². The highest BCUT2D eigenvalue weighted by Gasteiger charge is 2.32. The zero-order valence-corrected chi connectivity index (χ0v) is 16.7. The second-order valence-corrected chi connectivity index (χ2v) is 8.96. The van der Waals surface area contributed by atoms with Gasteiger partial charge in [0.05, 0.1) is 18.1 Å². The van der Waals surface area contributed by atoms with E-state index >= 15 is 0 Å². The van der Waals surface area contributed by atoms with Crippen LogP contribution in [0.25, 0.3) is 0 Å². The Balaban J connectivity index is 2.14. The Labute approximate surface area is 158 Å². The number of piperidine rings is 1. The summed E-state index contributed by atoms with van der Waals surface area (Å²) in [7, 11) is -3.65. The smallest absolute Gasteiger partial charge is 0.413 e. The first kappa shape index (κ1) is 21.4. The van der Waals surface area contributed by atoms with E-state index in [1.165, 1.54) is 11.0 Å². The van der Waals surface area contributed by atoms with Crippen LogP contribution in [0.5, 0.6) is 5.75 Å². The number of ether oxygens (including phenoxy) is 2. The van der Waals surface area contributed by atoms with E-state index in [0.29, 0.717) is 13.0 Å². The minimum atomic E-state index is -3.65. The van der Waals surface area contributed by atoms with Gasteiger partial charge in [0.1, 0.15) is 12.2 Å². The molecule has 1 unspecified atom stereocenters. The van der Waals surface area contributed by atoms with Crippen LogP contribution in [0.1, 0.15) is 45.7 Å². The molecule has 1 aliphatic rings. The average Bonchev–Trinajstić information content (AvgIpc) is 2.53. The quantitative estimate of drug-likeness (QED) is 0.696. The van der Waals surface area contributed by atoms with E-state index in [9.17, 15) is 17.6 Å². The van der Waals surface area contributed by atoms with E-state index in [-0.39, 0.29) is 18.1 Å². The molecule has 0 aromatic carbocycles. The van der Waals surface area contributed by atoms with Gasteiger partial charge >= 0.3 is 6.09 Å². The summed E-state index contributed by atoms with van der Waals surface area (Å²) in [5.74, 6) is -0.842. The van der Waals surface area contributed by atoms with E-state index in [0.717, 1.165) is 25.3 Å². The molecule has 1 saturated heterocycles. The zero-order valence-electron chi connectivity index (χ0n) is 15.9. The van der Waals surface area contributed by atoms with Crippen LogP contribution in [0.3, 0.4) is 0 Å². The summed E-state index contributed by atoms with van der Waals surface area (Å²) in [4.78, 5) is 17.6. The molecule has 0 aliphatic carbocycles. The van der Waals surface area contributed by atoms with Crippen molar-refractivity contribution in [2.75, 3.05) is 12.8 Å². The summed E-state index contributed by atoms with van der Waals surface area (Å²) < 4.78 is 52.1. The second kappa shape index (κ2) is 8.39. The molecule has 8 nitrogen and oxygen atoms in total. The lowest BCUT2D eigenvalue weighted by molar-refractivity contribution is -0.0354. The number of carbonyl (C=O) groups is 1. The maximum absolute atomic E-state index is 14.1. The number of aromatic nitrogens is 1. The van der Waals surface area contributed by atoms with Gasteiger partial charge in [0.25, 0.3) is 10.1 Å². The van der Waals surface area contributed by atoms with Crippen molar-refractivity contribution in [3.63, 3.8) is 0 Å². The normalized spacial score (nSPS) is 18.3. The van der Waals surface area contributed by atoms with Gasteiger partial charge in [-0.05, 0) is 33.6 Å². The van der Waals surface area contributed by atoms with Gasteiger partial charge in [-0.1, -0.05) is 0 Å². The highest BCUT2D eigenvalue weighted by molar-refractivity contribution is 7.85. The van der Waals surface area contributed by atoms with E-state index in [1.54, 1.807) is 20.8 Å². The molecule has 0 radical (unpaired) electrons. The van der Waals surface area contributed by atoms with Gasteiger partial charge in [0.15, 0.2) is 17.8 Å². The van der Waals surface area contributed by atoms with E-state index in [1.807, 2.05) is 0 Å². The Kier molecular flexibility index (Phi) is 6.63. The number of hydrogen-bond donors (Lipinski definition) is 0. The fourth-order valence-electron chi connectivity index (χ4n) is 2.50. The zero-order chi connectivity index (χ0) is 20.2. The van der Waals surface area contributed by atoms with Crippen molar-refractivity contribution in [1.82, 2.24) is 9.88 Å².